The highest BCUT2D eigenvalue weighted by molar-refractivity contribution is 6.31. The maximum atomic E-state index is 6.08. The van der Waals surface area contributed by atoms with E-state index < -0.39 is 0 Å². The summed E-state index contributed by atoms with van der Waals surface area (Å²) in [7, 11) is 0. The molecule has 0 saturated heterocycles. The summed E-state index contributed by atoms with van der Waals surface area (Å²) >= 11 is 6.08. The SMILES string of the molecule is CCc1ccc(OCCNc2ccc(C)c(Cl)c2)cc1. The number of rotatable bonds is 6. The van der Waals surface area contributed by atoms with Gasteiger partial charge in [-0.2, -0.15) is 0 Å². The van der Waals surface area contributed by atoms with Crippen LogP contribution in [0.25, 0.3) is 0 Å². The molecular weight excluding hydrogens is 270 g/mol. The number of ether oxygens (including phenoxy) is 1. The van der Waals surface area contributed by atoms with Crippen molar-refractivity contribution in [2.45, 2.75) is 20.3 Å². The Hall–Kier alpha value is -1.67. The average molecular weight is 290 g/mol. The molecule has 0 radical (unpaired) electrons. The summed E-state index contributed by atoms with van der Waals surface area (Å²) in [5.41, 5.74) is 3.43. The summed E-state index contributed by atoms with van der Waals surface area (Å²) in [5.74, 6) is 0.908. The largest absolute Gasteiger partial charge is 0.492 e. The standard InChI is InChI=1S/C17H20ClNO/c1-3-14-5-8-16(9-6-14)20-11-10-19-15-7-4-13(2)17(18)12-15/h4-9,12,19H,3,10-11H2,1-2H3. The fourth-order valence-electron chi connectivity index (χ4n) is 1.89. The monoisotopic (exact) mass is 289 g/mol. The van der Waals surface area contributed by atoms with Crippen molar-refractivity contribution in [2.24, 2.45) is 0 Å². The molecule has 106 valence electrons. The van der Waals surface area contributed by atoms with Gasteiger partial charge < -0.3 is 10.1 Å². The van der Waals surface area contributed by atoms with Crippen LogP contribution in [-0.4, -0.2) is 13.2 Å². The molecule has 2 nitrogen and oxygen atoms in total. The molecule has 0 aliphatic carbocycles. The van der Waals surface area contributed by atoms with Crippen molar-refractivity contribution in [1.82, 2.24) is 0 Å². The highest BCUT2D eigenvalue weighted by atomic mass is 35.5. The molecule has 1 N–H and O–H groups in total. The Morgan fingerprint density at radius 2 is 1.85 bits per heavy atom. The second-order valence-corrected chi connectivity index (χ2v) is 5.14. The summed E-state index contributed by atoms with van der Waals surface area (Å²) in [6, 6.07) is 14.2. The fourth-order valence-corrected chi connectivity index (χ4v) is 2.07. The predicted molar refractivity (Wildman–Crippen MR) is 86.0 cm³/mol. The quantitative estimate of drug-likeness (QED) is 0.778. The van der Waals surface area contributed by atoms with Crippen LogP contribution in [0.2, 0.25) is 5.02 Å². The van der Waals surface area contributed by atoms with Gasteiger partial charge in [0.05, 0.1) is 0 Å². The number of hydrogen-bond donors (Lipinski definition) is 1. The molecule has 2 aromatic carbocycles. The van der Waals surface area contributed by atoms with Gasteiger partial charge in [-0.15, -0.1) is 0 Å². The molecule has 0 saturated carbocycles. The zero-order valence-electron chi connectivity index (χ0n) is 11.9. The van der Waals surface area contributed by atoms with Gasteiger partial charge in [0.1, 0.15) is 12.4 Å². The molecule has 3 heteroatoms. The zero-order valence-corrected chi connectivity index (χ0v) is 12.7. The molecule has 0 aliphatic heterocycles. The molecule has 0 bridgehead atoms. The number of aryl methyl sites for hydroxylation is 2. The molecule has 0 unspecified atom stereocenters. The number of halogens is 1. The third kappa shape index (κ3) is 4.17. The Kier molecular flexibility index (Phi) is 5.31. The van der Waals surface area contributed by atoms with Crippen molar-refractivity contribution in [3.8, 4) is 5.75 Å². The topological polar surface area (TPSA) is 21.3 Å². The lowest BCUT2D eigenvalue weighted by Gasteiger charge is -2.10. The molecule has 0 atom stereocenters. The minimum absolute atomic E-state index is 0.622. The second-order valence-electron chi connectivity index (χ2n) is 4.74. The summed E-state index contributed by atoms with van der Waals surface area (Å²) < 4.78 is 5.69. The Balaban J connectivity index is 1.76. The molecule has 2 aromatic rings. The lowest BCUT2D eigenvalue weighted by molar-refractivity contribution is 0.333. The van der Waals surface area contributed by atoms with Crippen LogP contribution in [0.15, 0.2) is 42.5 Å². The van der Waals surface area contributed by atoms with Gasteiger partial charge in [0.2, 0.25) is 0 Å². The van der Waals surface area contributed by atoms with Gasteiger partial charge in [0.15, 0.2) is 0 Å². The van der Waals surface area contributed by atoms with Crippen molar-refractivity contribution in [3.05, 3.63) is 58.6 Å². The van der Waals surface area contributed by atoms with Crippen LogP contribution in [0.5, 0.6) is 5.75 Å². The summed E-state index contributed by atoms with van der Waals surface area (Å²) in [4.78, 5) is 0. The van der Waals surface area contributed by atoms with Crippen molar-refractivity contribution in [2.75, 3.05) is 18.5 Å². The lowest BCUT2D eigenvalue weighted by Crippen LogP contribution is -2.11. The van der Waals surface area contributed by atoms with Gasteiger partial charge >= 0.3 is 0 Å². The van der Waals surface area contributed by atoms with E-state index in [9.17, 15) is 0 Å². The first-order valence-corrected chi connectivity index (χ1v) is 7.28. The highest BCUT2D eigenvalue weighted by Crippen LogP contribution is 2.19. The van der Waals surface area contributed by atoms with E-state index in [2.05, 4.69) is 24.4 Å². The van der Waals surface area contributed by atoms with Gasteiger partial charge in [0, 0.05) is 17.3 Å². The maximum absolute atomic E-state index is 6.08. The minimum atomic E-state index is 0.622. The molecule has 0 fully saturated rings. The van der Waals surface area contributed by atoms with E-state index in [1.807, 2.05) is 37.3 Å². The zero-order chi connectivity index (χ0) is 14.4. The summed E-state index contributed by atoms with van der Waals surface area (Å²) in [6.07, 6.45) is 1.05. The van der Waals surface area contributed by atoms with Crippen molar-refractivity contribution >= 4 is 17.3 Å². The van der Waals surface area contributed by atoms with Crippen molar-refractivity contribution < 1.29 is 4.74 Å². The molecular formula is C17H20ClNO. The number of hydrogen-bond acceptors (Lipinski definition) is 2. The van der Waals surface area contributed by atoms with Crippen LogP contribution in [0.4, 0.5) is 5.69 Å². The summed E-state index contributed by atoms with van der Waals surface area (Å²) in [6.45, 7) is 5.51. The van der Waals surface area contributed by atoms with E-state index in [4.69, 9.17) is 16.3 Å². The smallest absolute Gasteiger partial charge is 0.119 e. The molecule has 0 aliphatic rings. The fraction of sp³-hybridized carbons (Fsp3) is 0.294. The average Bonchev–Trinajstić information content (AvgIpc) is 2.48. The molecule has 0 aromatic heterocycles. The molecule has 0 amide bonds. The molecule has 2 rings (SSSR count). The maximum Gasteiger partial charge on any atom is 0.119 e. The third-order valence-electron chi connectivity index (χ3n) is 3.20. The predicted octanol–water partition coefficient (Wildman–Crippen LogP) is 4.70. The van der Waals surface area contributed by atoms with Crippen LogP contribution >= 0.6 is 11.6 Å². The Morgan fingerprint density at radius 3 is 2.50 bits per heavy atom. The van der Waals surface area contributed by atoms with Gasteiger partial charge in [-0.25, -0.2) is 0 Å². The first-order chi connectivity index (χ1) is 9.69. The normalized spacial score (nSPS) is 10.3. The van der Waals surface area contributed by atoms with Gasteiger partial charge in [-0.1, -0.05) is 36.7 Å². The van der Waals surface area contributed by atoms with E-state index in [-0.39, 0.29) is 0 Å². The number of nitrogens with one attached hydrogen (secondary N) is 1. The van der Waals surface area contributed by atoms with Crippen molar-refractivity contribution in [3.63, 3.8) is 0 Å². The van der Waals surface area contributed by atoms with Gasteiger partial charge in [0.25, 0.3) is 0 Å². The first-order valence-electron chi connectivity index (χ1n) is 6.91. The lowest BCUT2D eigenvalue weighted by atomic mass is 10.2. The molecule has 0 heterocycles. The first kappa shape index (κ1) is 14.7. The molecule has 0 spiro atoms. The van der Waals surface area contributed by atoms with Crippen LogP contribution < -0.4 is 10.1 Å². The van der Waals surface area contributed by atoms with E-state index in [1.54, 1.807) is 0 Å². The Morgan fingerprint density at radius 1 is 1.10 bits per heavy atom. The van der Waals surface area contributed by atoms with Crippen LogP contribution in [0.1, 0.15) is 18.1 Å². The van der Waals surface area contributed by atoms with E-state index in [0.29, 0.717) is 6.61 Å². The van der Waals surface area contributed by atoms with E-state index in [1.165, 1.54) is 5.56 Å². The number of benzene rings is 2. The van der Waals surface area contributed by atoms with Gasteiger partial charge in [-0.3, -0.25) is 0 Å². The van der Waals surface area contributed by atoms with Gasteiger partial charge in [-0.05, 0) is 48.7 Å². The second kappa shape index (κ2) is 7.20. The molecule has 20 heavy (non-hydrogen) atoms. The van der Waals surface area contributed by atoms with Crippen LogP contribution in [0.3, 0.4) is 0 Å². The van der Waals surface area contributed by atoms with Crippen LogP contribution in [-0.2, 0) is 6.42 Å². The Bertz CT molecular complexity index is 551. The van der Waals surface area contributed by atoms with E-state index >= 15 is 0 Å². The van der Waals surface area contributed by atoms with E-state index in [0.717, 1.165) is 35.0 Å². The third-order valence-corrected chi connectivity index (χ3v) is 3.61. The minimum Gasteiger partial charge on any atom is -0.492 e. The van der Waals surface area contributed by atoms with Crippen molar-refractivity contribution in [1.29, 1.82) is 0 Å². The Labute approximate surface area is 125 Å². The highest BCUT2D eigenvalue weighted by Gasteiger charge is 1.98. The van der Waals surface area contributed by atoms with Crippen LogP contribution in [0, 0.1) is 6.92 Å². The number of anilines is 1. The summed E-state index contributed by atoms with van der Waals surface area (Å²) in [5, 5.41) is 4.08.